The number of piperidine rings is 1. The first kappa shape index (κ1) is 22.9. The minimum atomic E-state index is -0.409. The molecule has 1 aliphatic rings. The molecule has 0 aromatic heterocycles. The number of rotatable bonds is 7. The van der Waals surface area contributed by atoms with Crippen LogP contribution in [0, 0.1) is 0 Å². The Bertz CT molecular complexity index is 1010. The first-order valence-corrected chi connectivity index (χ1v) is 11.7. The molecule has 33 heavy (non-hydrogen) atoms. The van der Waals surface area contributed by atoms with Crippen molar-refractivity contribution >= 4 is 11.7 Å². The molecule has 4 heteroatoms. The molecule has 3 aromatic carbocycles. The van der Waals surface area contributed by atoms with E-state index < -0.39 is 12.0 Å². The maximum Gasteiger partial charge on any atom is 0.235 e. The van der Waals surface area contributed by atoms with Gasteiger partial charge in [0.1, 0.15) is 0 Å². The van der Waals surface area contributed by atoms with E-state index in [2.05, 4.69) is 36.2 Å². The Kier molecular flexibility index (Phi) is 7.36. The number of likely N-dealkylation sites (tertiary alicyclic amines) is 1. The van der Waals surface area contributed by atoms with Crippen LogP contribution in [0.25, 0.3) is 0 Å². The third-order valence-corrected chi connectivity index (χ3v) is 6.74. The summed E-state index contributed by atoms with van der Waals surface area (Å²) in [5, 5.41) is 0. The van der Waals surface area contributed by atoms with Gasteiger partial charge in [-0.15, -0.1) is 0 Å². The van der Waals surface area contributed by atoms with Crippen molar-refractivity contribution in [3.05, 3.63) is 108 Å². The van der Waals surface area contributed by atoms with E-state index in [9.17, 15) is 9.59 Å². The van der Waals surface area contributed by atoms with Crippen molar-refractivity contribution in [3.63, 3.8) is 0 Å². The monoisotopic (exact) mass is 440 g/mol. The molecule has 1 fully saturated rings. The predicted molar refractivity (Wildman–Crippen MR) is 132 cm³/mol. The van der Waals surface area contributed by atoms with Gasteiger partial charge in [0.2, 0.25) is 5.91 Å². The molecule has 0 aliphatic carbocycles. The number of ketones is 1. The molecular weight excluding hydrogens is 408 g/mol. The smallest absolute Gasteiger partial charge is 0.235 e. The highest BCUT2D eigenvalue weighted by Crippen LogP contribution is 2.31. The minimum absolute atomic E-state index is 0.0109. The number of hydrogen-bond donors (Lipinski definition) is 0. The van der Waals surface area contributed by atoms with Gasteiger partial charge in [0, 0.05) is 19.1 Å². The van der Waals surface area contributed by atoms with E-state index in [1.54, 1.807) is 6.92 Å². The van der Waals surface area contributed by atoms with Gasteiger partial charge in [0.05, 0.1) is 12.0 Å². The normalized spacial score (nSPS) is 18.5. The Labute approximate surface area is 196 Å². The van der Waals surface area contributed by atoms with Gasteiger partial charge in [-0.25, -0.2) is 0 Å². The number of benzene rings is 3. The second kappa shape index (κ2) is 10.6. The Morgan fingerprint density at radius 3 is 1.91 bits per heavy atom. The second-order valence-corrected chi connectivity index (χ2v) is 8.99. The van der Waals surface area contributed by atoms with E-state index in [0.29, 0.717) is 13.0 Å². The molecule has 0 unspecified atom stereocenters. The zero-order valence-electron chi connectivity index (χ0n) is 19.4. The lowest BCUT2D eigenvalue weighted by atomic mass is 9.87. The summed E-state index contributed by atoms with van der Waals surface area (Å²) < 4.78 is 0. The van der Waals surface area contributed by atoms with E-state index in [-0.39, 0.29) is 17.7 Å². The largest absolute Gasteiger partial charge is 0.332 e. The summed E-state index contributed by atoms with van der Waals surface area (Å²) in [4.78, 5) is 30.8. The lowest BCUT2D eigenvalue weighted by molar-refractivity contribution is -0.142. The van der Waals surface area contributed by atoms with Crippen LogP contribution in [-0.4, -0.2) is 47.2 Å². The molecule has 1 amide bonds. The minimum Gasteiger partial charge on any atom is -0.332 e. The standard InChI is InChI=1S/C29H32N2O2/c1-22(32)27-20-26(30(2)21-23-12-6-3-7-13-23)18-19-31(27)29(33)28(24-14-8-4-9-15-24)25-16-10-5-11-17-25/h3-17,26-28H,18-21H2,1-2H3/t26-,27+/m1/s1. The van der Waals surface area contributed by atoms with Gasteiger partial charge in [0.25, 0.3) is 0 Å². The van der Waals surface area contributed by atoms with Gasteiger partial charge in [-0.05, 0) is 43.5 Å². The Morgan fingerprint density at radius 1 is 0.879 bits per heavy atom. The summed E-state index contributed by atoms with van der Waals surface area (Å²) in [5.41, 5.74) is 3.17. The maximum absolute atomic E-state index is 13.9. The van der Waals surface area contributed by atoms with Crippen LogP contribution in [-0.2, 0) is 16.1 Å². The number of carbonyl (C=O) groups excluding carboxylic acids is 2. The Morgan fingerprint density at radius 2 is 1.39 bits per heavy atom. The van der Waals surface area contributed by atoms with E-state index >= 15 is 0 Å². The first-order chi connectivity index (χ1) is 16.0. The average Bonchev–Trinajstić information content (AvgIpc) is 2.85. The van der Waals surface area contributed by atoms with Crippen LogP contribution in [0.15, 0.2) is 91.0 Å². The highest BCUT2D eigenvalue weighted by atomic mass is 16.2. The van der Waals surface area contributed by atoms with Gasteiger partial charge in [0.15, 0.2) is 5.78 Å². The van der Waals surface area contributed by atoms with Crippen LogP contribution < -0.4 is 0 Å². The lowest BCUT2D eigenvalue weighted by Crippen LogP contribution is -2.54. The molecular formula is C29H32N2O2. The number of Topliss-reactive ketones (excluding diaryl/α,β-unsaturated/α-hetero) is 1. The summed E-state index contributed by atoms with van der Waals surface area (Å²) in [7, 11) is 2.11. The summed E-state index contributed by atoms with van der Waals surface area (Å²) in [6, 6.07) is 30.0. The van der Waals surface area contributed by atoms with E-state index in [1.165, 1.54) is 5.56 Å². The van der Waals surface area contributed by atoms with Crippen molar-refractivity contribution < 1.29 is 9.59 Å². The van der Waals surface area contributed by atoms with Crippen LogP contribution >= 0.6 is 0 Å². The summed E-state index contributed by atoms with van der Waals surface area (Å²) in [6.07, 6.45) is 1.52. The van der Waals surface area contributed by atoms with Gasteiger partial charge < -0.3 is 4.90 Å². The average molecular weight is 441 g/mol. The van der Waals surface area contributed by atoms with Crippen molar-refractivity contribution in [3.8, 4) is 0 Å². The molecule has 0 N–H and O–H groups in total. The molecule has 3 aromatic rings. The van der Waals surface area contributed by atoms with Gasteiger partial charge >= 0.3 is 0 Å². The highest BCUT2D eigenvalue weighted by molar-refractivity contribution is 5.92. The van der Waals surface area contributed by atoms with Crippen LogP contribution in [0.5, 0.6) is 0 Å². The zero-order chi connectivity index (χ0) is 23.2. The fraction of sp³-hybridized carbons (Fsp3) is 0.310. The topological polar surface area (TPSA) is 40.6 Å². The van der Waals surface area contributed by atoms with Crippen molar-refractivity contribution in [1.29, 1.82) is 0 Å². The lowest BCUT2D eigenvalue weighted by Gasteiger charge is -2.42. The molecule has 1 aliphatic heterocycles. The molecule has 0 spiro atoms. The molecule has 0 saturated carbocycles. The maximum atomic E-state index is 13.9. The third-order valence-electron chi connectivity index (χ3n) is 6.74. The predicted octanol–water partition coefficient (Wildman–Crippen LogP) is 4.90. The highest BCUT2D eigenvalue weighted by Gasteiger charge is 2.39. The van der Waals surface area contributed by atoms with Gasteiger partial charge in [-0.1, -0.05) is 91.0 Å². The molecule has 170 valence electrons. The van der Waals surface area contributed by atoms with Crippen LogP contribution in [0.3, 0.4) is 0 Å². The third kappa shape index (κ3) is 5.40. The van der Waals surface area contributed by atoms with Crippen molar-refractivity contribution in [2.24, 2.45) is 0 Å². The van der Waals surface area contributed by atoms with Crippen molar-refractivity contribution in [1.82, 2.24) is 9.80 Å². The van der Waals surface area contributed by atoms with Crippen molar-refractivity contribution in [2.75, 3.05) is 13.6 Å². The summed E-state index contributed by atoms with van der Waals surface area (Å²) >= 11 is 0. The molecule has 1 heterocycles. The molecule has 1 saturated heterocycles. The summed E-state index contributed by atoms with van der Waals surface area (Å²) in [5.74, 6) is -0.342. The number of amides is 1. The van der Waals surface area contributed by atoms with Gasteiger partial charge in [-0.2, -0.15) is 0 Å². The number of nitrogens with zero attached hydrogens (tertiary/aromatic N) is 2. The Hall–Kier alpha value is -3.24. The van der Waals surface area contributed by atoms with E-state index in [4.69, 9.17) is 0 Å². The SMILES string of the molecule is CC(=O)[C@@H]1C[C@H](N(C)Cc2ccccc2)CCN1C(=O)C(c1ccccc1)c1ccccc1. The zero-order valence-corrected chi connectivity index (χ0v) is 19.4. The summed E-state index contributed by atoms with van der Waals surface area (Å²) in [6.45, 7) is 3.04. The fourth-order valence-electron chi connectivity index (χ4n) is 4.93. The molecule has 4 rings (SSSR count). The first-order valence-electron chi connectivity index (χ1n) is 11.7. The molecule has 2 atom stereocenters. The van der Waals surface area contributed by atoms with Crippen LogP contribution in [0.1, 0.15) is 42.4 Å². The molecule has 0 radical (unpaired) electrons. The molecule has 0 bridgehead atoms. The number of carbonyl (C=O) groups is 2. The van der Waals surface area contributed by atoms with Gasteiger partial charge in [-0.3, -0.25) is 14.5 Å². The van der Waals surface area contributed by atoms with Crippen LogP contribution in [0.4, 0.5) is 0 Å². The quantitative estimate of drug-likeness (QED) is 0.525. The fourth-order valence-corrected chi connectivity index (χ4v) is 4.93. The van der Waals surface area contributed by atoms with E-state index in [1.807, 2.05) is 71.6 Å². The second-order valence-electron chi connectivity index (χ2n) is 8.99. The van der Waals surface area contributed by atoms with E-state index in [0.717, 1.165) is 24.1 Å². The number of hydrogen-bond acceptors (Lipinski definition) is 3. The van der Waals surface area contributed by atoms with Crippen molar-refractivity contribution in [2.45, 2.75) is 44.3 Å². The Balaban J connectivity index is 1.56. The molecule has 4 nitrogen and oxygen atoms in total. The van der Waals surface area contributed by atoms with Crippen LogP contribution in [0.2, 0.25) is 0 Å².